The first-order valence-corrected chi connectivity index (χ1v) is 9.07. The van der Waals surface area contributed by atoms with Crippen molar-refractivity contribution in [3.05, 3.63) is 72.6 Å². The van der Waals surface area contributed by atoms with E-state index in [0.29, 0.717) is 12.2 Å². The average molecular weight is 349 g/mol. The van der Waals surface area contributed by atoms with Crippen LogP contribution in [0, 0.1) is 6.92 Å². The highest BCUT2D eigenvalue weighted by Gasteiger charge is 2.06. The number of para-hydroxylation sites is 1. The van der Waals surface area contributed by atoms with E-state index in [2.05, 4.69) is 15.3 Å². The number of hydrogen-bond acceptors (Lipinski definition) is 4. The number of thioether (sulfide) groups is 1. The first-order chi connectivity index (χ1) is 12.2. The van der Waals surface area contributed by atoms with Crippen molar-refractivity contribution >= 4 is 23.4 Å². The zero-order valence-electron chi connectivity index (χ0n) is 14.0. The summed E-state index contributed by atoms with van der Waals surface area (Å²) >= 11 is 1.56. The van der Waals surface area contributed by atoms with Crippen molar-refractivity contribution in [1.29, 1.82) is 0 Å². The van der Waals surface area contributed by atoms with E-state index in [1.807, 2.05) is 67.6 Å². The van der Waals surface area contributed by atoms with Gasteiger partial charge in [-0.3, -0.25) is 4.79 Å². The second-order valence-corrected chi connectivity index (χ2v) is 6.68. The highest BCUT2D eigenvalue weighted by Crippen LogP contribution is 2.22. The number of amides is 1. The van der Waals surface area contributed by atoms with Gasteiger partial charge in [-0.2, -0.15) is 0 Å². The minimum Gasteiger partial charge on any atom is -0.326 e. The first kappa shape index (κ1) is 17.2. The Bertz CT molecular complexity index is 852. The number of carbonyl (C=O) groups is 1. The quantitative estimate of drug-likeness (QED) is 0.523. The van der Waals surface area contributed by atoms with Crippen molar-refractivity contribution in [3.63, 3.8) is 0 Å². The Morgan fingerprint density at radius 3 is 2.60 bits per heavy atom. The van der Waals surface area contributed by atoms with Gasteiger partial charge in [0.25, 0.3) is 0 Å². The molecule has 0 aliphatic rings. The molecule has 0 aliphatic heterocycles. The highest BCUT2D eigenvalue weighted by atomic mass is 32.2. The van der Waals surface area contributed by atoms with Crippen LogP contribution >= 0.6 is 11.8 Å². The summed E-state index contributed by atoms with van der Waals surface area (Å²) in [6.45, 7) is 1.98. The van der Waals surface area contributed by atoms with Crippen molar-refractivity contribution in [2.75, 3.05) is 11.1 Å². The van der Waals surface area contributed by atoms with Gasteiger partial charge in [0.05, 0.1) is 10.7 Å². The molecule has 0 radical (unpaired) electrons. The van der Waals surface area contributed by atoms with E-state index in [4.69, 9.17) is 0 Å². The van der Waals surface area contributed by atoms with Gasteiger partial charge >= 0.3 is 0 Å². The van der Waals surface area contributed by atoms with Gasteiger partial charge in [0.2, 0.25) is 5.91 Å². The zero-order chi connectivity index (χ0) is 17.5. The molecule has 0 unspecified atom stereocenters. The van der Waals surface area contributed by atoms with Gasteiger partial charge in [-0.15, -0.1) is 11.8 Å². The maximum absolute atomic E-state index is 12.1. The number of nitrogens with zero attached hydrogens (tertiary/aromatic N) is 2. The highest BCUT2D eigenvalue weighted by molar-refractivity contribution is 7.99. The third-order valence-electron chi connectivity index (χ3n) is 3.71. The number of aromatic nitrogens is 2. The second kappa shape index (κ2) is 8.44. The zero-order valence-corrected chi connectivity index (χ0v) is 14.8. The molecule has 0 fully saturated rings. The van der Waals surface area contributed by atoms with Crippen LogP contribution < -0.4 is 5.32 Å². The molecule has 5 heteroatoms. The summed E-state index contributed by atoms with van der Waals surface area (Å²) in [7, 11) is 0. The van der Waals surface area contributed by atoms with E-state index in [-0.39, 0.29) is 5.91 Å². The summed E-state index contributed by atoms with van der Waals surface area (Å²) in [5.74, 6) is 0.683. The van der Waals surface area contributed by atoms with E-state index in [1.165, 1.54) is 0 Å². The summed E-state index contributed by atoms with van der Waals surface area (Å²) in [4.78, 5) is 20.7. The number of hydrogen-bond donors (Lipinski definition) is 1. The smallest absolute Gasteiger partial charge is 0.225 e. The van der Waals surface area contributed by atoms with Gasteiger partial charge in [-0.05, 0) is 24.6 Å². The molecule has 4 nitrogen and oxygen atoms in total. The van der Waals surface area contributed by atoms with Crippen LogP contribution in [0.4, 0.5) is 5.69 Å². The Hall–Kier alpha value is -2.66. The maximum Gasteiger partial charge on any atom is 0.225 e. The molecule has 3 aromatic rings. The fourth-order valence-corrected chi connectivity index (χ4v) is 3.17. The SMILES string of the molecule is Cc1ccccc1NC(=O)CCSc1cc(-c2ccccc2)ncn1. The lowest BCUT2D eigenvalue weighted by molar-refractivity contribution is -0.115. The van der Waals surface area contributed by atoms with Crippen molar-refractivity contribution < 1.29 is 4.79 Å². The number of anilines is 1. The van der Waals surface area contributed by atoms with Crippen LogP contribution in [0.25, 0.3) is 11.3 Å². The molecule has 3 rings (SSSR count). The van der Waals surface area contributed by atoms with E-state index in [0.717, 1.165) is 27.5 Å². The van der Waals surface area contributed by atoms with Crippen LogP contribution in [-0.4, -0.2) is 21.6 Å². The number of rotatable bonds is 6. The van der Waals surface area contributed by atoms with Crippen LogP contribution in [0.5, 0.6) is 0 Å². The number of nitrogens with one attached hydrogen (secondary N) is 1. The van der Waals surface area contributed by atoms with E-state index >= 15 is 0 Å². The molecule has 0 bridgehead atoms. The van der Waals surface area contributed by atoms with Crippen LogP contribution in [0.2, 0.25) is 0 Å². The van der Waals surface area contributed by atoms with Crippen molar-refractivity contribution in [3.8, 4) is 11.3 Å². The normalized spacial score (nSPS) is 10.4. The van der Waals surface area contributed by atoms with Gasteiger partial charge < -0.3 is 5.32 Å². The van der Waals surface area contributed by atoms with Crippen LogP contribution in [-0.2, 0) is 4.79 Å². The third kappa shape index (κ3) is 4.90. The molecule has 2 aromatic carbocycles. The summed E-state index contributed by atoms with van der Waals surface area (Å²) in [5.41, 5.74) is 3.88. The van der Waals surface area contributed by atoms with E-state index in [1.54, 1.807) is 18.1 Å². The lowest BCUT2D eigenvalue weighted by Crippen LogP contribution is -2.13. The first-order valence-electron chi connectivity index (χ1n) is 8.08. The molecular weight excluding hydrogens is 330 g/mol. The predicted octanol–water partition coefficient (Wildman–Crippen LogP) is 4.57. The fraction of sp³-hybridized carbons (Fsp3) is 0.150. The largest absolute Gasteiger partial charge is 0.326 e. The Morgan fingerprint density at radius 1 is 1.04 bits per heavy atom. The Morgan fingerprint density at radius 2 is 1.80 bits per heavy atom. The van der Waals surface area contributed by atoms with Crippen molar-refractivity contribution in [1.82, 2.24) is 9.97 Å². The van der Waals surface area contributed by atoms with Crippen molar-refractivity contribution in [2.24, 2.45) is 0 Å². The third-order valence-corrected chi connectivity index (χ3v) is 4.64. The fourth-order valence-electron chi connectivity index (χ4n) is 2.36. The van der Waals surface area contributed by atoms with Crippen molar-refractivity contribution in [2.45, 2.75) is 18.4 Å². The predicted molar refractivity (Wildman–Crippen MR) is 103 cm³/mol. The average Bonchev–Trinajstić information content (AvgIpc) is 2.65. The lowest BCUT2D eigenvalue weighted by Gasteiger charge is -2.08. The molecule has 0 spiro atoms. The molecule has 0 aliphatic carbocycles. The Balaban J connectivity index is 1.54. The topological polar surface area (TPSA) is 54.9 Å². The number of aryl methyl sites for hydroxylation is 1. The van der Waals surface area contributed by atoms with Gasteiger partial charge in [-0.25, -0.2) is 9.97 Å². The molecule has 1 aromatic heterocycles. The molecule has 126 valence electrons. The van der Waals surface area contributed by atoms with Gasteiger partial charge in [0.1, 0.15) is 6.33 Å². The van der Waals surface area contributed by atoms with E-state index < -0.39 is 0 Å². The minimum atomic E-state index is 0.0131. The van der Waals surface area contributed by atoms with Crippen LogP contribution in [0.1, 0.15) is 12.0 Å². The Kier molecular flexibility index (Phi) is 5.80. The summed E-state index contributed by atoms with van der Waals surface area (Å²) in [6, 6.07) is 19.7. The summed E-state index contributed by atoms with van der Waals surface area (Å²) in [5, 5.41) is 3.82. The second-order valence-electron chi connectivity index (χ2n) is 5.57. The molecule has 25 heavy (non-hydrogen) atoms. The summed E-state index contributed by atoms with van der Waals surface area (Å²) < 4.78 is 0. The molecule has 1 heterocycles. The molecular formula is C20H19N3OS. The molecule has 0 atom stereocenters. The Labute approximate surface area is 151 Å². The summed E-state index contributed by atoms with van der Waals surface area (Å²) in [6.07, 6.45) is 2.00. The molecule has 1 N–H and O–H groups in total. The standard InChI is InChI=1S/C20H19N3OS/c1-15-7-5-6-10-17(15)23-19(24)11-12-25-20-13-18(21-14-22-20)16-8-3-2-4-9-16/h2-10,13-14H,11-12H2,1H3,(H,23,24). The van der Waals surface area contributed by atoms with Gasteiger partial charge in [0.15, 0.2) is 0 Å². The van der Waals surface area contributed by atoms with Gasteiger partial charge in [0, 0.05) is 23.4 Å². The monoisotopic (exact) mass is 349 g/mol. The van der Waals surface area contributed by atoms with Crippen LogP contribution in [0.3, 0.4) is 0 Å². The minimum absolute atomic E-state index is 0.0131. The number of benzene rings is 2. The number of carbonyl (C=O) groups excluding carboxylic acids is 1. The van der Waals surface area contributed by atoms with Crippen LogP contribution in [0.15, 0.2) is 72.0 Å². The van der Waals surface area contributed by atoms with E-state index in [9.17, 15) is 4.79 Å². The maximum atomic E-state index is 12.1. The lowest BCUT2D eigenvalue weighted by atomic mass is 10.1. The molecule has 1 amide bonds. The molecule has 0 saturated heterocycles. The van der Waals surface area contributed by atoms with Gasteiger partial charge in [-0.1, -0.05) is 48.5 Å². The molecule has 0 saturated carbocycles.